The summed E-state index contributed by atoms with van der Waals surface area (Å²) in [6.07, 6.45) is 6.08. The molecule has 56 heavy (non-hydrogen) atoms. The number of hydrogen-bond donors (Lipinski definition) is 0. The molecule has 4 heteroatoms. The third-order valence-electron chi connectivity index (χ3n) is 11.5. The van der Waals surface area contributed by atoms with Crippen LogP contribution in [-0.4, -0.2) is 15.0 Å². The van der Waals surface area contributed by atoms with Gasteiger partial charge in [-0.2, -0.15) is 0 Å². The van der Waals surface area contributed by atoms with Crippen LogP contribution in [0.2, 0.25) is 0 Å². The van der Waals surface area contributed by atoms with Crippen LogP contribution in [0, 0.1) is 0 Å². The Morgan fingerprint density at radius 1 is 0.375 bits per heavy atom. The Kier molecular flexibility index (Phi) is 7.49. The van der Waals surface area contributed by atoms with Crippen LogP contribution in [0.5, 0.6) is 5.75 Å². The van der Waals surface area contributed by atoms with E-state index in [4.69, 9.17) is 19.7 Å². The second-order valence-electron chi connectivity index (χ2n) is 14.6. The van der Waals surface area contributed by atoms with Crippen molar-refractivity contribution in [1.82, 2.24) is 15.0 Å². The molecule has 3 aliphatic rings. The fourth-order valence-electron chi connectivity index (χ4n) is 9.00. The van der Waals surface area contributed by atoms with Crippen LogP contribution in [-0.2, 0) is 5.41 Å². The third-order valence-corrected chi connectivity index (χ3v) is 11.5. The highest BCUT2D eigenvalue weighted by atomic mass is 16.5. The second kappa shape index (κ2) is 13.0. The molecule has 1 heterocycles. The molecule has 0 aliphatic heterocycles. The molecule has 11 rings (SSSR count). The van der Waals surface area contributed by atoms with Crippen molar-refractivity contribution in [1.29, 1.82) is 0 Å². The number of aromatic nitrogens is 3. The summed E-state index contributed by atoms with van der Waals surface area (Å²) in [6, 6.07) is 62.2. The molecule has 0 saturated heterocycles. The number of benzene rings is 7. The van der Waals surface area contributed by atoms with Crippen molar-refractivity contribution in [2.45, 2.75) is 18.3 Å². The Bertz CT molecular complexity index is 2750. The summed E-state index contributed by atoms with van der Waals surface area (Å²) in [5.74, 6) is 3.64. The van der Waals surface area contributed by atoms with E-state index < -0.39 is 0 Å². The molecule has 264 valence electrons. The van der Waals surface area contributed by atoms with E-state index in [0.717, 1.165) is 41.0 Å². The van der Waals surface area contributed by atoms with E-state index in [2.05, 4.69) is 103 Å². The van der Waals surface area contributed by atoms with Crippen LogP contribution in [0.25, 0.3) is 62.0 Å². The number of rotatable bonds is 6. The van der Waals surface area contributed by atoms with Crippen LogP contribution >= 0.6 is 0 Å². The molecule has 0 atom stereocenters. The minimum Gasteiger partial charge on any atom is -0.462 e. The lowest BCUT2D eigenvalue weighted by Gasteiger charge is -2.31. The van der Waals surface area contributed by atoms with Gasteiger partial charge in [0.1, 0.15) is 11.5 Å². The average molecular weight is 718 g/mol. The maximum atomic E-state index is 6.45. The summed E-state index contributed by atoms with van der Waals surface area (Å²) in [4.78, 5) is 14.6. The molecular formula is C52H35N3O. The number of hydrogen-bond acceptors (Lipinski definition) is 4. The Hall–Kier alpha value is -7.17. The molecule has 0 N–H and O–H groups in total. The third kappa shape index (κ3) is 5.10. The lowest BCUT2D eigenvalue weighted by Crippen LogP contribution is -2.25. The summed E-state index contributed by atoms with van der Waals surface area (Å²) in [7, 11) is 0. The molecule has 0 radical (unpaired) electrons. The van der Waals surface area contributed by atoms with Gasteiger partial charge in [0.2, 0.25) is 0 Å². The van der Waals surface area contributed by atoms with Crippen molar-refractivity contribution < 1.29 is 4.74 Å². The Morgan fingerprint density at radius 2 is 0.821 bits per heavy atom. The molecule has 0 unspecified atom stereocenters. The summed E-state index contributed by atoms with van der Waals surface area (Å²) in [6.45, 7) is 0. The maximum absolute atomic E-state index is 6.45. The van der Waals surface area contributed by atoms with E-state index in [1.165, 1.54) is 55.6 Å². The summed E-state index contributed by atoms with van der Waals surface area (Å²) in [5, 5.41) is 0. The SMILES string of the molecule is C1=C(Oc2ccc(-c3nc(-c4ccccc4)nc(-c4ccccc4)n3)cc2)CCC(c2ccc3c(c2)C2(c4ccccc4-c4ccccc42)c2ccccc2-3)=C1. The monoisotopic (exact) mass is 717 g/mol. The van der Waals surface area contributed by atoms with Crippen molar-refractivity contribution >= 4 is 5.57 Å². The lowest BCUT2D eigenvalue weighted by molar-refractivity contribution is 0.404. The molecule has 0 saturated carbocycles. The fourth-order valence-corrected chi connectivity index (χ4v) is 9.00. The van der Waals surface area contributed by atoms with Gasteiger partial charge in [-0.25, -0.2) is 15.0 Å². The zero-order valence-electron chi connectivity index (χ0n) is 30.6. The highest BCUT2D eigenvalue weighted by molar-refractivity contribution is 5.95. The summed E-state index contributed by atoms with van der Waals surface area (Å²) >= 11 is 0. The van der Waals surface area contributed by atoms with Crippen LogP contribution < -0.4 is 4.74 Å². The standard InChI is InChI=1S/C52H35N3O/c1-3-13-35(14-4-1)49-53-50(36-15-5-2-6-16-36)55-51(54-49)37-25-30-40(31-26-37)56-39-28-23-34(24-29-39)38-27-32-44-43-19-9-12-22-47(43)52(48(44)33-38)45-20-10-7-17-41(45)42-18-8-11-21-46(42)52/h1-23,25-28,30-33H,24,29H2. The molecule has 1 spiro atoms. The highest BCUT2D eigenvalue weighted by Crippen LogP contribution is 2.62. The largest absolute Gasteiger partial charge is 0.462 e. The smallest absolute Gasteiger partial charge is 0.164 e. The van der Waals surface area contributed by atoms with Gasteiger partial charge < -0.3 is 4.74 Å². The topological polar surface area (TPSA) is 47.9 Å². The zero-order chi connectivity index (χ0) is 37.1. The number of nitrogens with zero attached hydrogens (tertiary/aromatic N) is 3. The van der Waals surface area contributed by atoms with E-state index in [1.54, 1.807) is 0 Å². The Morgan fingerprint density at radius 3 is 1.32 bits per heavy atom. The average Bonchev–Trinajstić information content (AvgIpc) is 3.74. The second-order valence-corrected chi connectivity index (χ2v) is 14.6. The lowest BCUT2D eigenvalue weighted by atomic mass is 9.70. The zero-order valence-corrected chi connectivity index (χ0v) is 30.6. The number of ether oxygens (including phenoxy) is 1. The minimum absolute atomic E-state index is 0.339. The summed E-state index contributed by atoms with van der Waals surface area (Å²) < 4.78 is 6.45. The highest BCUT2D eigenvalue weighted by Gasteiger charge is 2.51. The number of fused-ring (bicyclic) bond motifs is 10. The first-order chi connectivity index (χ1) is 27.7. The van der Waals surface area contributed by atoms with Gasteiger partial charge in [-0.15, -0.1) is 0 Å². The molecule has 3 aliphatic carbocycles. The van der Waals surface area contributed by atoms with E-state index in [-0.39, 0.29) is 5.41 Å². The molecule has 0 bridgehead atoms. The molecule has 4 nitrogen and oxygen atoms in total. The van der Waals surface area contributed by atoms with Crippen LogP contribution in [0.15, 0.2) is 194 Å². The molecule has 7 aromatic carbocycles. The molecule has 8 aromatic rings. The maximum Gasteiger partial charge on any atom is 0.164 e. The van der Waals surface area contributed by atoms with Gasteiger partial charge in [0, 0.05) is 23.1 Å². The van der Waals surface area contributed by atoms with Gasteiger partial charge >= 0.3 is 0 Å². The van der Waals surface area contributed by atoms with E-state index in [9.17, 15) is 0 Å². The minimum atomic E-state index is -0.339. The van der Waals surface area contributed by atoms with Gasteiger partial charge in [-0.3, -0.25) is 0 Å². The van der Waals surface area contributed by atoms with Crippen molar-refractivity contribution in [2.24, 2.45) is 0 Å². The van der Waals surface area contributed by atoms with Crippen molar-refractivity contribution in [2.75, 3.05) is 0 Å². The van der Waals surface area contributed by atoms with Crippen molar-refractivity contribution in [3.63, 3.8) is 0 Å². The summed E-state index contributed by atoms with van der Waals surface area (Å²) in [5.41, 5.74) is 15.8. The van der Waals surface area contributed by atoms with Crippen molar-refractivity contribution in [3.05, 3.63) is 222 Å². The van der Waals surface area contributed by atoms with E-state index >= 15 is 0 Å². The molecule has 1 aromatic heterocycles. The van der Waals surface area contributed by atoms with Gasteiger partial charge in [0.05, 0.1) is 5.41 Å². The predicted octanol–water partition coefficient (Wildman–Crippen LogP) is 12.4. The van der Waals surface area contributed by atoms with E-state index in [1.807, 2.05) is 84.9 Å². The number of allylic oxidation sites excluding steroid dienone is 4. The van der Waals surface area contributed by atoms with Gasteiger partial charge in [-0.1, -0.05) is 152 Å². The van der Waals surface area contributed by atoms with Crippen molar-refractivity contribution in [3.8, 4) is 62.2 Å². The predicted molar refractivity (Wildman–Crippen MR) is 225 cm³/mol. The fraction of sp³-hybridized carbons (Fsp3) is 0.0577. The quantitative estimate of drug-likeness (QED) is 0.172. The first-order valence-corrected chi connectivity index (χ1v) is 19.2. The molecule has 0 amide bonds. The molecular weight excluding hydrogens is 683 g/mol. The van der Waals surface area contributed by atoms with Crippen LogP contribution in [0.3, 0.4) is 0 Å². The Balaban J connectivity index is 0.896. The van der Waals surface area contributed by atoms with Gasteiger partial charge in [0.25, 0.3) is 0 Å². The Labute approximate surface area is 326 Å². The first-order valence-electron chi connectivity index (χ1n) is 19.2. The van der Waals surface area contributed by atoms with Crippen LogP contribution in [0.4, 0.5) is 0 Å². The van der Waals surface area contributed by atoms with Crippen LogP contribution in [0.1, 0.15) is 40.7 Å². The van der Waals surface area contributed by atoms with E-state index in [0.29, 0.717) is 17.5 Å². The first kappa shape index (κ1) is 32.3. The normalized spacial score (nSPS) is 14.3. The molecule has 0 fully saturated rings. The van der Waals surface area contributed by atoms with Gasteiger partial charge in [-0.05, 0) is 98.5 Å². The van der Waals surface area contributed by atoms with Gasteiger partial charge in [0.15, 0.2) is 17.5 Å².